The van der Waals surface area contributed by atoms with Crippen LogP contribution in [0.3, 0.4) is 0 Å². The maximum absolute atomic E-state index is 12.2. The summed E-state index contributed by atoms with van der Waals surface area (Å²) in [6.07, 6.45) is 1.82. The molecule has 4 nitrogen and oxygen atoms in total. The summed E-state index contributed by atoms with van der Waals surface area (Å²) >= 11 is 0. The fourth-order valence-corrected chi connectivity index (χ4v) is 2.42. The fourth-order valence-electron chi connectivity index (χ4n) is 2.42. The van der Waals surface area contributed by atoms with E-state index in [0.717, 1.165) is 12.8 Å². The van der Waals surface area contributed by atoms with Gasteiger partial charge in [0.05, 0.1) is 0 Å². The van der Waals surface area contributed by atoms with Crippen molar-refractivity contribution < 1.29 is 14.7 Å². The zero-order valence-electron chi connectivity index (χ0n) is 12.3. The van der Waals surface area contributed by atoms with Crippen molar-refractivity contribution in [2.75, 3.05) is 0 Å². The number of carboxylic acids is 1. The molecule has 0 fully saturated rings. The summed E-state index contributed by atoms with van der Waals surface area (Å²) in [7, 11) is 0. The van der Waals surface area contributed by atoms with Crippen LogP contribution in [0.5, 0.6) is 0 Å². The lowest BCUT2D eigenvalue weighted by atomic mass is 9.88. The van der Waals surface area contributed by atoms with Crippen LogP contribution in [-0.4, -0.2) is 17.0 Å². The van der Waals surface area contributed by atoms with E-state index < -0.39 is 12.0 Å². The van der Waals surface area contributed by atoms with Gasteiger partial charge in [0.25, 0.3) is 0 Å². The number of carboxylic acid groups (broad SMARTS) is 1. The second-order valence-corrected chi connectivity index (χ2v) is 5.06. The van der Waals surface area contributed by atoms with E-state index in [1.807, 2.05) is 26.8 Å². The third-order valence-corrected chi connectivity index (χ3v) is 3.84. The second-order valence-electron chi connectivity index (χ2n) is 5.06. The first-order valence-electron chi connectivity index (χ1n) is 7.09. The van der Waals surface area contributed by atoms with Gasteiger partial charge in [-0.15, -0.1) is 0 Å². The number of aliphatic carboxylic acids is 1. The van der Waals surface area contributed by atoms with Crippen molar-refractivity contribution in [3.8, 4) is 0 Å². The molecule has 0 bridgehead atoms. The van der Waals surface area contributed by atoms with Crippen molar-refractivity contribution in [2.24, 2.45) is 11.8 Å². The van der Waals surface area contributed by atoms with Crippen LogP contribution in [0.15, 0.2) is 30.3 Å². The van der Waals surface area contributed by atoms with E-state index in [4.69, 9.17) is 0 Å². The average molecular weight is 277 g/mol. The van der Waals surface area contributed by atoms with E-state index in [9.17, 15) is 14.7 Å². The summed E-state index contributed by atoms with van der Waals surface area (Å²) in [6.45, 7) is 5.95. The largest absolute Gasteiger partial charge is 0.479 e. The highest BCUT2D eigenvalue weighted by atomic mass is 16.4. The van der Waals surface area contributed by atoms with Crippen LogP contribution in [0.4, 0.5) is 0 Å². The molecule has 1 rings (SSSR count). The molecule has 0 saturated carbocycles. The van der Waals surface area contributed by atoms with Gasteiger partial charge < -0.3 is 10.4 Å². The van der Waals surface area contributed by atoms with Crippen LogP contribution in [0, 0.1) is 11.8 Å². The van der Waals surface area contributed by atoms with Crippen molar-refractivity contribution in [1.29, 1.82) is 0 Å². The monoisotopic (exact) mass is 277 g/mol. The molecular weight excluding hydrogens is 254 g/mol. The van der Waals surface area contributed by atoms with Gasteiger partial charge in [0.2, 0.25) is 5.91 Å². The first kappa shape index (κ1) is 16.2. The topological polar surface area (TPSA) is 66.4 Å². The Kier molecular flexibility index (Phi) is 6.22. The third-order valence-electron chi connectivity index (χ3n) is 3.84. The predicted molar refractivity (Wildman–Crippen MR) is 78.2 cm³/mol. The maximum atomic E-state index is 12.2. The minimum atomic E-state index is -1.04. The zero-order chi connectivity index (χ0) is 15.1. The third kappa shape index (κ3) is 4.08. The van der Waals surface area contributed by atoms with Crippen molar-refractivity contribution in [2.45, 2.75) is 39.7 Å². The first-order valence-corrected chi connectivity index (χ1v) is 7.09. The molecule has 20 heavy (non-hydrogen) atoms. The molecule has 0 radical (unpaired) electrons. The highest BCUT2D eigenvalue weighted by Crippen LogP contribution is 2.21. The van der Waals surface area contributed by atoms with E-state index in [1.54, 1.807) is 24.3 Å². The molecular formula is C16H23NO3. The lowest BCUT2D eigenvalue weighted by molar-refractivity contribution is -0.143. The summed E-state index contributed by atoms with van der Waals surface area (Å²) in [4.78, 5) is 23.6. The summed E-state index contributed by atoms with van der Waals surface area (Å²) < 4.78 is 0. The van der Waals surface area contributed by atoms with Gasteiger partial charge in [-0.3, -0.25) is 4.79 Å². The van der Waals surface area contributed by atoms with Gasteiger partial charge in [-0.25, -0.2) is 4.79 Å². The molecule has 2 atom stereocenters. The maximum Gasteiger partial charge on any atom is 0.330 e. The summed E-state index contributed by atoms with van der Waals surface area (Å²) in [5, 5.41) is 11.9. The molecule has 1 amide bonds. The van der Waals surface area contributed by atoms with Crippen LogP contribution in [0.1, 0.15) is 45.2 Å². The Balaban J connectivity index is 2.82. The highest BCUT2D eigenvalue weighted by molar-refractivity contribution is 5.85. The Morgan fingerprint density at radius 3 is 2.15 bits per heavy atom. The Labute approximate surface area is 120 Å². The highest BCUT2D eigenvalue weighted by Gasteiger charge is 2.27. The van der Waals surface area contributed by atoms with E-state index in [1.165, 1.54) is 0 Å². The van der Waals surface area contributed by atoms with Gasteiger partial charge in [-0.2, -0.15) is 0 Å². The number of amides is 1. The standard InChI is InChI=1S/C16H23NO3/c1-4-12(5-2)11(3)15(18)17-14(16(19)20)13-9-7-6-8-10-13/h6-12,14H,4-5H2,1-3H3,(H,17,18)(H,19,20)/t11?,14-/m1/s1. The number of carbonyl (C=O) groups is 2. The summed E-state index contributed by atoms with van der Waals surface area (Å²) in [6, 6.07) is 7.78. The molecule has 4 heteroatoms. The number of carbonyl (C=O) groups excluding carboxylic acids is 1. The van der Waals surface area contributed by atoms with Crippen molar-refractivity contribution in [3.63, 3.8) is 0 Å². The van der Waals surface area contributed by atoms with Gasteiger partial charge in [-0.1, -0.05) is 63.9 Å². The number of nitrogens with one attached hydrogen (secondary N) is 1. The molecule has 0 aliphatic carbocycles. The molecule has 0 saturated heterocycles. The minimum absolute atomic E-state index is 0.185. The quantitative estimate of drug-likeness (QED) is 0.805. The SMILES string of the molecule is CCC(CC)C(C)C(=O)N[C@@H](C(=O)O)c1ccccc1. The molecule has 110 valence electrons. The summed E-state index contributed by atoms with van der Waals surface area (Å²) in [5.41, 5.74) is 0.588. The molecule has 0 spiro atoms. The van der Waals surface area contributed by atoms with E-state index in [-0.39, 0.29) is 17.7 Å². The Morgan fingerprint density at radius 2 is 1.70 bits per heavy atom. The predicted octanol–water partition coefficient (Wildman–Crippen LogP) is 3.00. The Bertz CT molecular complexity index is 440. The number of benzene rings is 1. The van der Waals surface area contributed by atoms with Gasteiger partial charge in [0.1, 0.15) is 0 Å². The Hall–Kier alpha value is -1.84. The molecule has 0 aromatic heterocycles. The Morgan fingerprint density at radius 1 is 1.15 bits per heavy atom. The minimum Gasteiger partial charge on any atom is -0.479 e. The van der Waals surface area contributed by atoms with E-state index in [2.05, 4.69) is 5.32 Å². The van der Waals surface area contributed by atoms with Crippen molar-refractivity contribution >= 4 is 11.9 Å². The van der Waals surface area contributed by atoms with Crippen LogP contribution < -0.4 is 5.32 Å². The normalized spacial score (nSPS) is 13.8. The lowest BCUT2D eigenvalue weighted by Crippen LogP contribution is -2.39. The summed E-state index contributed by atoms with van der Waals surface area (Å²) in [5.74, 6) is -1.15. The molecule has 1 aromatic rings. The van der Waals surface area contributed by atoms with Crippen molar-refractivity contribution in [3.05, 3.63) is 35.9 Å². The smallest absolute Gasteiger partial charge is 0.330 e. The average Bonchev–Trinajstić information content (AvgIpc) is 2.46. The first-order chi connectivity index (χ1) is 9.51. The molecule has 2 N–H and O–H groups in total. The van der Waals surface area contributed by atoms with Crippen LogP contribution in [-0.2, 0) is 9.59 Å². The zero-order valence-corrected chi connectivity index (χ0v) is 12.3. The number of hydrogen-bond acceptors (Lipinski definition) is 2. The fraction of sp³-hybridized carbons (Fsp3) is 0.500. The van der Waals surface area contributed by atoms with Gasteiger partial charge >= 0.3 is 5.97 Å². The molecule has 1 unspecified atom stereocenters. The van der Waals surface area contributed by atoms with Crippen LogP contribution >= 0.6 is 0 Å². The lowest BCUT2D eigenvalue weighted by Gasteiger charge is -2.23. The van der Waals surface area contributed by atoms with E-state index >= 15 is 0 Å². The molecule has 0 heterocycles. The van der Waals surface area contributed by atoms with Crippen LogP contribution in [0.2, 0.25) is 0 Å². The van der Waals surface area contributed by atoms with Crippen LogP contribution in [0.25, 0.3) is 0 Å². The molecule has 0 aliphatic heterocycles. The van der Waals surface area contributed by atoms with Gasteiger partial charge in [-0.05, 0) is 11.5 Å². The number of rotatable bonds is 7. The number of hydrogen-bond donors (Lipinski definition) is 2. The molecule has 0 aliphatic rings. The van der Waals surface area contributed by atoms with Gasteiger partial charge in [0.15, 0.2) is 6.04 Å². The van der Waals surface area contributed by atoms with E-state index in [0.29, 0.717) is 5.56 Å². The van der Waals surface area contributed by atoms with Gasteiger partial charge in [0, 0.05) is 5.92 Å². The second kappa shape index (κ2) is 7.68. The molecule has 1 aromatic carbocycles. The van der Waals surface area contributed by atoms with Crippen molar-refractivity contribution in [1.82, 2.24) is 5.32 Å².